The van der Waals surface area contributed by atoms with Crippen LogP contribution in [0.3, 0.4) is 0 Å². The van der Waals surface area contributed by atoms with Gasteiger partial charge in [0.25, 0.3) is 0 Å². The predicted molar refractivity (Wildman–Crippen MR) is 176 cm³/mol. The number of carbonyl (C=O) groups excluding carboxylic acids is 1. The fraction of sp³-hybridized carbons (Fsp3) is 0.812. The van der Waals surface area contributed by atoms with Gasteiger partial charge in [0.15, 0.2) is 28.8 Å². The second-order valence-corrected chi connectivity index (χ2v) is 17.3. The summed E-state index contributed by atoms with van der Waals surface area (Å²) in [6, 6.07) is -0.111. The van der Waals surface area contributed by atoms with E-state index in [-0.39, 0.29) is 25.9 Å². The number of aryl methyl sites for hydroxylation is 1. The van der Waals surface area contributed by atoms with Crippen LogP contribution in [0.4, 0.5) is 10.6 Å². The minimum atomic E-state index is -3.38. The van der Waals surface area contributed by atoms with Gasteiger partial charge in [-0.3, -0.25) is 9.46 Å². The minimum Gasteiger partial charge on any atom is -0.443 e. The highest BCUT2D eigenvalue weighted by Crippen LogP contribution is 2.56. The number of hydrogen-bond donors (Lipinski definition) is 2. The first-order valence-electron chi connectivity index (χ1n) is 16.9. The topological polar surface area (TPSA) is 177 Å². The molecule has 2 aliphatic heterocycles. The quantitative estimate of drug-likeness (QED) is 0.280. The lowest BCUT2D eigenvalue weighted by atomic mass is 10.1. The molecule has 0 spiro atoms. The Morgan fingerprint density at radius 3 is 2.46 bits per heavy atom. The highest BCUT2D eigenvalue weighted by molar-refractivity contribution is 7.59. The lowest BCUT2D eigenvalue weighted by Crippen LogP contribution is -2.43. The molecule has 48 heavy (non-hydrogen) atoms. The predicted octanol–water partition coefficient (Wildman–Crippen LogP) is 4.52. The molecule has 15 nitrogen and oxygen atoms in total. The lowest BCUT2D eigenvalue weighted by Gasteiger charge is -2.34. The van der Waals surface area contributed by atoms with Gasteiger partial charge < -0.3 is 38.4 Å². The van der Waals surface area contributed by atoms with Crippen molar-refractivity contribution in [3.63, 3.8) is 0 Å². The Morgan fingerprint density at radius 2 is 1.83 bits per heavy atom. The van der Waals surface area contributed by atoms with E-state index < -0.39 is 61.3 Å². The standard InChI is InChI=1S/C32H52N5O10P/c1-9-43-48(8,41)32(7,19-39)42-18-22-24-25(46-31(5,6)45-24)28(44-22)37-27-21(17-33-37)26(34-23(35-27)15-12-16-38)36(20-13-10-11-14-20)29(40)47-30(2,3)4/h17,20,22,24-25,28,38-39H,9-16,18-19H2,1-8H3/t22-,24-,25-,28-,32?,48?/m1/s1. The number of hydrogen-bond acceptors (Lipinski definition) is 13. The largest absolute Gasteiger partial charge is 0.443 e. The molecule has 2 saturated heterocycles. The fourth-order valence-electron chi connectivity index (χ4n) is 6.48. The van der Waals surface area contributed by atoms with Gasteiger partial charge in [-0.15, -0.1) is 0 Å². The first-order valence-corrected chi connectivity index (χ1v) is 19.0. The minimum absolute atomic E-state index is 0.0490. The van der Waals surface area contributed by atoms with Crippen LogP contribution in [0.25, 0.3) is 11.0 Å². The number of ether oxygens (including phenoxy) is 5. The van der Waals surface area contributed by atoms with E-state index in [1.54, 1.807) is 29.6 Å². The number of anilines is 1. The van der Waals surface area contributed by atoms with Gasteiger partial charge in [0.05, 0.1) is 31.4 Å². The molecule has 6 atom stereocenters. The van der Waals surface area contributed by atoms with E-state index in [4.69, 9.17) is 43.3 Å². The van der Waals surface area contributed by atoms with Crippen LogP contribution in [-0.4, -0.2) is 110 Å². The summed E-state index contributed by atoms with van der Waals surface area (Å²) in [6.07, 6.45) is 2.77. The molecule has 5 rings (SSSR count). The monoisotopic (exact) mass is 697 g/mol. The Kier molecular flexibility index (Phi) is 10.9. The Hall–Kier alpha value is -2.23. The van der Waals surface area contributed by atoms with E-state index >= 15 is 0 Å². The van der Waals surface area contributed by atoms with Crippen LogP contribution in [0.1, 0.15) is 92.6 Å². The van der Waals surface area contributed by atoms with Crippen molar-refractivity contribution in [1.29, 1.82) is 0 Å². The normalized spacial score (nSPS) is 26.8. The number of aromatic nitrogens is 4. The molecule has 2 aromatic rings. The Morgan fingerprint density at radius 1 is 1.15 bits per heavy atom. The van der Waals surface area contributed by atoms with Crippen molar-refractivity contribution in [1.82, 2.24) is 19.7 Å². The second-order valence-electron chi connectivity index (χ2n) is 14.4. The van der Waals surface area contributed by atoms with Crippen molar-refractivity contribution in [2.45, 2.75) is 134 Å². The molecule has 2 unspecified atom stereocenters. The summed E-state index contributed by atoms with van der Waals surface area (Å²) in [4.78, 5) is 25.1. The summed E-state index contributed by atoms with van der Waals surface area (Å²) in [5, 5.41) is 23.6. The fourth-order valence-corrected chi connectivity index (χ4v) is 7.81. The molecule has 2 N–H and O–H groups in total. The Bertz CT molecular complexity index is 1490. The lowest BCUT2D eigenvalue weighted by molar-refractivity contribution is -0.206. The van der Waals surface area contributed by atoms with Crippen molar-refractivity contribution < 1.29 is 47.8 Å². The van der Waals surface area contributed by atoms with Crippen molar-refractivity contribution in [2.24, 2.45) is 0 Å². The highest BCUT2D eigenvalue weighted by atomic mass is 31.2. The summed E-state index contributed by atoms with van der Waals surface area (Å²) in [6.45, 7) is 13.4. The Labute approximate surface area is 282 Å². The van der Waals surface area contributed by atoms with Crippen LogP contribution >= 0.6 is 7.37 Å². The zero-order valence-corrected chi connectivity index (χ0v) is 30.3. The van der Waals surface area contributed by atoms with E-state index in [0.29, 0.717) is 35.5 Å². The van der Waals surface area contributed by atoms with Crippen LogP contribution in [0.2, 0.25) is 0 Å². The molecule has 1 amide bonds. The van der Waals surface area contributed by atoms with Crippen LogP contribution < -0.4 is 4.90 Å². The van der Waals surface area contributed by atoms with Gasteiger partial charge in [0.2, 0.25) is 7.37 Å². The molecular weight excluding hydrogens is 645 g/mol. The van der Waals surface area contributed by atoms with Gasteiger partial charge in [-0.1, -0.05) is 12.8 Å². The average Bonchev–Trinajstić information content (AvgIpc) is 3.78. The summed E-state index contributed by atoms with van der Waals surface area (Å²) < 4.78 is 51.6. The summed E-state index contributed by atoms with van der Waals surface area (Å²) in [5.41, 5.74) is -0.298. The number of fused-ring (bicyclic) bond motifs is 2. The van der Waals surface area contributed by atoms with E-state index in [2.05, 4.69) is 0 Å². The SMILES string of the molecule is CCOP(C)(=O)C(C)(CO)OC[C@H]1O[C@@H](n2ncc3c(N(C(=O)OC(C)(C)C)C4CCCC4)nc(CCCO)nc32)[C@@H]2OC(C)(C)O[C@@H]21. The average molecular weight is 698 g/mol. The molecule has 1 saturated carbocycles. The maximum atomic E-state index is 13.8. The van der Waals surface area contributed by atoms with E-state index in [1.165, 1.54) is 6.66 Å². The smallest absolute Gasteiger partial charge is 0.416 e. The number of carbonyl (C=O) groups is 1. The first kappa shape index (κ1) is 37.0. The molecule has 16 heteroatoms. The second kappa shape index (κ2) is 14.2. The van der Waals surface area contributed by atoms with Gasteiger partial charge in [-0.2, -0.15) is 5.10 Å². The van der Waals surface area contributed by atoms with Gasteiger partial charge >= 0.3 is 6.09 Å². The van der Waals surface area contributed by atoms with Crippen molar-refractivity contribution in [3.05, 3.63) is 12.0 Å². The number of nitrogens with zero attached hydrogens (tertiary/aromatic N) is 5. The molecule has 3 fully saturated rings. The zero-order valence-electron chi connectivity index (χ0n) is 29.4. The summed E-state index contributed by atoms with van der Waals surface area (Å²) in [7, 11) is -3.38. The third-order valence-corrected chi connectivity index (χ3v) is 11.7. The number of amides is 1. The van der Waals surface area contributed by atoms with Gasteiger partial charge in [-0.05, 0) is 67.7 Å². The first-order chi connectivity index (χ1) is 22.5. The van der Waals surface area contributed by atoms with Crippen molar-refractivity contribution >= 4 is 30.3 Å². The third kappa shape index (κ3) is 7.58. The van der Waals surface area contributed by atoms with Crippen molar-refractivity contribution in [3.8, 4) is 0 Å². The van der Waals surface area contributed by atoms with E-state index in [9.17, 15) is 19.6 Å². The molecule has 0 radical (unpaired) electrons. The van der Waals surface area contributed by atoms with Gasteiger partial charge in [-0.25, -0.2) is 19.4 Å². The molecule has 3 aliphatic rings. The van der Waals surface area contributed by atoms with E-state index in [0.717, 1.165) is 25.7 Å². The number of aliphatic hydroxyl groups excluding tert-OH is 2. The molecule has 2 aromatic heterocycles. The van der Waals surface area contributed by atoms with E-state index in [1.807, 2.05) is 34.6 Å². The van der Waals surface area contributed by atoms with Gasteiger partial charge in [0.1, 0.15) is 29.7 Å². The van der Waals surface area contributed by atoms with Crippen LogP contribution in [0, 0.1) is 0 Å². The highest BCUT2D eigenvalue weighted by Gasteiger charge is 2.57. The molecule has 4 heterocycles. The Balaban J connectivity index is 1.54. The molecule has 270 valence electrons. The van der Waals surface area contributed by atoms with Crippen LogP contribution in [0.15, 0.2) is 6.20 Å². The molecule has 1 aliphatic carbocycles. The van der Waals surface area contributed by atoms with Crippen molar-refractivity contribution in [2.75, 3.05) is 38.0 Å². The molecular formula is C32H52N5O10P. The summed E-state index contributed by atoms with van der Waals surface area (Å²) >= 11 is 0. The third-order valence-electron chi connectivity index (χ3n) is 9.00. The summed E-state index contributed by atoms with van der Waals surface area (Å²) in [5.74, 6) is -0.120. The number of rotatable bonds is 13. The van der Waals surface area contributed by atoms with Crippen LogP contribution in [0.5, 0.6) is 0 Å². The van der Waals surface area contributed by atoms with Crippen LogP contribution in [-0.2, 0) is 39.2 Å². The van der Waals surface area contributed by atoms with Gasteiger partial charge in [0, 0.05) is 25.7 Å². The molecule has 0 bridgehead atoms. The zero-order chi connectivity index (χ0) is 35.1. The maximum Gasteiger partial charge on any atom is 0.416 e. The molecule has 0 aromatic carbocycles. The maximum absolute atomic E-state index is 13.8. The number of aliphatic hydroxyl groups is 2.